The zero-order valence-corrected chi connectivity index (χ0v) is 19.1. The summed E-state index contributed by atoms with van der Waals surface area (Å²) in [6.45, 7) is 4.61. The summed E-state index contributed by atoms with van der Waals surface area (Å²) >= 11 is 0.897. The minimum atomic E-state index is -0.677. The predicted molar refractivity (Wildman–Crippen MR) is 117 cm³/mol. The third-order valence-electron chi connectivity index (χ3n) is 4.21. The fraction of sp³-hybridized carbons (Fsp3) is 0.364. The molecule has 32 heavy (non-hydrogen) atoms. The maximum absolute atomic E-state index is 12.4. The average molecular weight is 464 g/mol. The van der Waals surface area contributed by atoms with Crippen molar-refractivity contribution in [2.75, 3.05) is 32.2 Å². The number of amides is 1. The summed E-state index contributed by atoms with van der Waals surface area (Å²) in [4.78, 5) is 49.1. The highest BCUT2D eigenvalue weighted by atomic mass is 32.1. The first-order chi connectivity index (χ1) is 15.3. The molecule has 9 nitrogen and oxygen atoms in total. The highest BCUT2D eigenvalue weighted by Crippen LogP contribution is 2.34. The molecule has 0 unspecified atom stereocenters. The number of nitrogens with one attached hydrogen (secondary N) is 1. The molecular weight excluding hydrogens is 438 g/mol. The molecule has 0 saturated heterocycles. The topological polar surface area (TPSA) is 117 Å². The van der Waals surface area contributed by atoms with E-state index in [2.05, 4.69) is 5.32 Å². The summed E-state index contributed by atoms with van der Waals surface area (Å²) < 4.78 is 20.1. The number of rotatable bonds is 10. The van der Waals surface area contributed by atoms with Crippen LogP contribution in [0.4, 0.5) is 5.00 Å². The van der Waals surface area contributed by atoms with Gasteiger partial charge in [0, 0.05) is 0 Å². The minimum absolute atomic E-state index is 0.0174. The van der Waals surface area contributed by atoms with E-state index in [4.69, 9.17) is 18.9 Å². The summed E-state index contributed by atoms with van der Waals surface area (Å²) in [7, 11) is 1.54. The van der Waals surface area contributed by atoms with Gasteiger partial charge in [0.1, 0.15) is 15.6 Å². The normalized spacial score (nSPS) is 10.2. The maximum Gasteiger partial charge on any atom is 0.348 e. The number of ether oxygens (including phenoxy) is 4. The number of hydrogen-bond acceptors (Lipinski definition) is 9. The van der Waals surface area contributed by atoms with Gasteiger partial charge in [0.05, 0.1) is 32.3 Å². The highest BCUT2D eigenvalue weighted by Gasteiger charge is 2.27. The molecule has 0 spiro atoms. The molecule has 0 fully saturated rings. The summed E-state index contributed by atoms with van der Waals surface area (Å²) in [5.74, 6) is -1.87. The van der Waals surface area contributed by atoms with Crippen molar-refractivity contribution in [1.82, 2.24) is 0 Å². The van der Waals surface area contributed by atoms with Crippen LogP contribution in [0.2, 0.25) is 0 Å². The van der Waals surface area contributed by atoms with E-state index in [1.54, 1.807) is 52.1 Å². The number of anilines is 1. The Hall–Kier alpha value is -3.40. The summed E-state index contributed by atoms with van der Waals surface area (Å²) in [6, 6.07) is 6.87. The summed E-state index contributed by atoms with van der Waals surface area (Å²) in [5, 5.41) is 2.64. The van der Waals surface area contributed by atoms with Gasteiger partial charge in [0.2, 0.25) is 0 Å². The van der Waals surface area contributed by atoms with Gasteiger partial charge in [-0.2, -0.15) is 0 Å². The van der Waals surface area contributed by atoms with Gasteiger partial charge in [-0.1, -0.05) is 12.1 Å². The molecule has 1 aromatic carbocycles. The average Bonchev–Trinajstić information content (AvgIpc) is 3.09. The Morgan fingerprint density at radius 2 is 1.56 bits per heavy atom. The molecule has 172 valence electrons. The van der Waals surface area contributed by atoms with E-state index < -0.39 is 30.4 Å². The number of carbonyl (C=O) groups excluding carboxylic acids is 4. The molecular formula is C22H25NO8S. The van der Waals surface area contributed by atoms with E-state index in [0.29, 0.717) is 16.9 Å². The monoisotopic (exact) mass is 463 g/mol. The summed E-state index contributed by atoms with van der Waals surface area (Å²) in [6.07, 6.45) is -0.0174. The zero-order valence-electron chi connectivity index (χ0n) is 18.3. The Morgan fingerprint density at radius 1 is 0.938 bits per heavy atom. The van der Waals surface area contributed by atoms with Crippen molar-refractivity contribution >= 4 is 40.2 Å². The van der Waals surface area contributed by atoms with E-state index in [1.807, 2.05) is 0 Å². The minimum Gasteiger partial charge on any atom is -0.497 e. The van der Waals surface area contributed by atoms with Gasteiger partial charge in [-0.05, 0) is 44.0 Å². The van der Waals surface area contributed by atoms with Crippen molar-refractivity contribution in [3.63, 3.8) is 0 Å². The maximum atomic E-state index is 12.4. The molecule has 0 radical (unpaired) electrons. The molecule has 1 heterocycles. The lowest BCUT2D eigenvalue weighted by Gasteiger charge is -2.08. The number of benzene rings is 1. The van der Waals surface area contributed by atoms with Crippen molar-refractivity contribution in [2.45, 2.75) is 27.2 Å². The quantitative estimate of drug-likeness (QED) is 0.422. The molecule has 1 amide bonds. The van der Waals surface area contributed by atoms with Crippen LogP contribution in [0.3, 0.4) is 0 Å². The lowest BCUT2D eigenvalue weighted by atomic mass is 10.1. The Balaban J connectivity index is 2.05. The Bertz CT molecular complexity index is 981. The van der Waals surface area contributed by atoms with Gasteiger partial charge in [0.25, 0.3) is 5.91 Å². The molecule has 2 aromatic rings. The van der Waals surface area contributed by atoms with Crippen molar-refractivity contribution in [1.29, 1.82) is 0 Å². The zero-order chi connectivity index (χ0) is 23.7. The number of thiophene rings is 1. The standard InChI is InChI=1S/C22H25NO8S/c1-5-29-21(26)18-13(3)19(22(27)30-6-2)32-20(18)23-16(24)12-31-17(25)11-14-7-9-15(28-4)10-8-14/h7-10H,5-6,11-12H2,1-4H3,(H,23,24). The van der Waals surface area contributed by atoms with Gasteiger partial charge in [-0.3, -0.25) is 9.59 Å². The first kappa shape index (κ1) is 24.9. The lowest BCUT2D eigenvalue weighted by Crippen LogP contribution is -2.22. The van der Waals surface area contributed by atoms with Gasteiger partial charge >= 0.3 is 17.9 Å². The van der Waals surface area contributed by atoms with E-state index in [1.165, 1.54) is 0 Å². The molecule has 2 rings (SSSR count). The van der Waals surface area contributed by atoms with Crippen LogP contribution < -0.4 is 10.1 Å². The molecule has 0 aliphatic heterocycles. The second-order valence-electron chi connectivity index (χ2n) is 6.43. The highest BCUT2D eigenvalue weighted by molar-refractivity contribution is 7.18. The molecule has 0 aliphatic carbocycles. The van der Waals surface area contributed by atoms with Crippen LogP contribution in [0.15, 0.2) is 24.3 Å². The largest absolute Gasteiger partial charge is 0.497 e. The molecule has 0 bridgehead atoms. The van der Waals surface area contributed by atoms with Crippen LogP contribution in [0.5, 0.6) is 5.75 Å². The fourth-order valence-corrected chi connectivity index (χ4v) is 3.82. The summed E-state index contributed by atoms with van der Waals surface area (Å²) in [5.41, 5.74) is 1.12. The molecule has 0 saturated carbocycles. The van der Waals surface area contributed by atoms with Crippen LogP contribution >= 0.6 is 11.3 Å². The van der Waals surface area contributed by atoms with Crippen molar-refractivity contribution in [2.24, 2.45) is 0 Å². The van der Waals surface area contributed by atoms with Crippen molar-refractivity contribution in [3.8, 4) is 5.75 Å². The van der Waals surface area contributed by atoms with Crippen LogP contribution in [0, 0.1) is 6.92 Å². The van der Waals surface area contributed by atoms with Crippen LogP contribution in [0.1, 0.15) is 45.0 Å². The van der Waals surface area contributed by atoms with Gasteiger partial charge in [-0.25, -0.2) is 9.59 Å². The number of esters is 3. The Labute approximate surface area is 189 Å². The SMILES string of the molecule is CCOC(=O)c1sc(NC(=O)COC(=O)Cc2ccc(OC)cc2)c(C(=O)OCC)c1C. The first-order valence-corrected chi connectivity index (χ1v) is 10.7. The molecule has 10 heteroatoms. The van der Waals surface area contributed by atoms with Crippen molar-refractivity contribution < 1.29 is 38.1 Å². The molecule has 1 aromatic heterocycles. The molecule has 0 aliphatic rings. The third kappa shape index (κ3) is 6.55. The van der Waals surface area contributed by atoms with Gasteiger partial charge in [-0.15, -0.1) is 11.3 Å². The predicted octanol–water partition coefficient (Wildman–Crippen LogP) is 3.14. The molecule has 1 N–H and O–H groups in total. The van der Waals surface area contributed by atoms with Gasteiger partial charge in [0.15, 0.2) is 6.61 Å². The lowest BCUT2D eigenvalue weighted by molar-refractivity contribution is -0.146. The third-order valence-corrected chi connectivity index (χ3v) is 5.40. The fourth-order valence-electron chi connectivity index (χ4n) is 2.71. The van der Waals surface area contributed by atoms with E-state index in [-0.39, 0.29) is 35.1 Å². The van der Waals surface area contributed by atoms with E-state index in [9.17, 15) is 19.2 Å². The first-order valence-electron chi connectivity index (χ1n) is 9.86. The van der Waals surface area contributed by atoms with Crippen LogP contribution in [-0.2, 0) is 30.2 Å². The van der Waals surface area contributed by atoms with E-state index >= 15 is 0 Å². The Morgan fingerprint density at radius 3 is 2.16 bits per heavy atom. The number of methoxy groups -OCH3 is 1. The van der Waals surface area contributed by atoms with Crippen LogP contribution in [-0.4, -0.2) is 50.7 Å². The Kier molecular flexibility index (Phi) is 9.21. The van der Waals surface area contributed by atoms with Crippen molar-refractivity contribution in [3.05, 3.63) is 45.8 Å². The second kappa shape index (κ2) is 11.8. The number of hydrogen-bond donors (Lipinski definition) is 1. The number of carbonyl (C=O) groups is 4. The van der Waals surface area contributed by atoms with Crippen LogP contribution in [0.25, 0.3) is 0 Å². The van der Waals surface area contributed by atoms with E-state index in [0.717, 1.165) is 11.3 Å². The second-order valence-corrected chi connectivity index (χ2v) is 7.46. The smallest absolute Gasteiger partial charge is 0.348 e. The molecule has 0 atom stereocenters. The van der Waals surface area contributed by atoms with Gasteiger partial charge < -0.3 is 24.3 Å².